The number of hydrogen-bond acceptors (Lipinski definition) is 5. The van der Waals surface area contributed by atoms with Crippen LogP contribution in [0.1, 0.15) is 22.8 Å². The van der Waals surface area contributed by atoms with Crippen molar-refractivity contribution in [1.82, 2.24) is 14.8 Å². The molecule has 0 saturated carbocycles. The number of ether oxygens (including phenoxy) is 1. The van der Waals surface area contributed by atoms with Crippen molar-refractivity contribution in [2.75, 3.05) is 12.4 Å². The first-order valence-corrected chi connectivity index (χ1v) is 11.6. The molecule has 5 nitrogen and oxygen atoms in total. The average molecular weight is 464 g/mol. The van der Waals surface area contributed by atoms with Crippen molar-refractivity contribution in [1.29, 1.82) is 0 Å². The Morgan fingerprint density at radius 1 is 0.969 bits per heavy atom. The van der Waals surface area contributed by atoms with E-state index in [0.717, 1.165) is 22.6 Å². The van der Waals surface area contributed by atoms with E-state index in [1.165, 1.54) is 11.8 Å². The number of aryl methyl sites for hydroxylation is 1. The van der Waals surface area contributed by atoms with Crippen LogP contribution in [0.4, 0.5) is 0 Å². The molecule has 7 heteroatoms. The lowest BCUT2D eigenvalue weighted by atomic mass is 10.1. The quantitative estimate of drug-likeness (QED) is 0.227. The summed E-state index contributed by atoms with van der Waals surface area (Å²) in [6, 6.07) is 22.8. The largest absolute Gasteiger partial charge is 0.494 e. The SMILES string of the molecule is CCOc1ccc(C(=O)CSc2nnc(-c3ccc(Cl)cc3)n2-c2ccc(C)cc2)cc1. The summed E-state index contributed by atoms with van der Waals surface area (Å²) >= 11 is 7.42. The first-order chi connectivity index (χ1) is 15.5. The van der Waals surface area contributed by atoms with E-state index >= 15 is 0 Å². The summed E-state index contributed by atoms with van der Waals surface area (Å²) in [4.78, 5) is 12.8. The van der Waals surface area contributed by atoms with Crippen LogP contribution in [0.15, 0.2) is 78.0 Å². The van der Waals surface area contributed by atoms with Crippen LogP contribution in [-0.2, 0) is 0 Å². The Morgan fingerprint density at radius 3 is 2.31 bits per heavy atom. The topological polar surface area (TPSA) is 57.0 Å². The number of rotatable bonds is 8. The number of Topliss-reactive ketones (excluding diaryl/α,β-unsaturated/α-hetero) is 1. The van der Waals surface area contributed by atoms with Gasteiger partial charge in [0.05, 0.1) is 12.4 Å². The monoisotopic (exact) mass is 463 g/mol. The van der Waals surface area contributed by atoms with Gasteiger partial charge in [0, 0.05) is 21.8 Å². The van der Waals surface area contributed by atoms with Gasteiger partial charge in [0.15, 0.2) is 16.8 Å². The molecule has 0 radical (unpaired) electrons. The van der Waals surface area contributed by atoms with E-state index in [-0.39, 0.29) is 11.5 Å². The number of ketones is 1. The molecule has 1 aromatic heterocycles. The number of nitrogens with zero attached hydrogens (tertiary/aromatic N) is 3. The molecule has 0 aliphatic carbocycles. The molecule has 0 amide bonds. The number of halogens is 1. The molecule has 0 aliphatic rings. The third-order valence-corrected chi connectivity index (χ3v) is 6.03. The van der Waals surface area contributed by atoms with Crippen molar-refractivity contribution in [2.24, 2.45) is 0 Å². The van der Waals surface area contributed by atoms with Gasteiger partial charge < -0.3 is 4.74 Å². The van der Waals surface area contributed by atoms with Gasteiger partial charge in [0.2, 0.25) is 0 Å². The van der Waals surface area contributed by atoms with Crippen LogP contribution in [-0.4, -0.2) is 32.9 Å². The van der Waals surface area contributed by atoms with E-state index in [1.54, 1.807) is 12.1 Å². The van der Waals surface area contributed by atoms with E-state index in [0.29, 0.717) is 28.2 Å². The van der Waals surface area contributed by atoms with Crippen molar-refractivity contribution < 1.29 is 9.53 Å². The van der Waals surface area contributed by atoms with Gasteiger partial charge in [-0.1, -0.05) is 41.1 Å². The molecule has 4 rings (SSSR count). The average Bonchev–Trinajstić information content (AvgIpc) is 3.23. The normalized spacial score (nSPS) is 10.8. The summed E-state index contributed by atoms with van der Waals surface area (Å²) in [5.74, 6) is 1.72. The zero-order valence-corrected chi connectivity index (χ0v) is 19.4. The molecule has 4 aromatic rings. The minimum Gasteiger partial charge on any atom is -0.494 e. The zero-order valence-electron chi connectivity index (χ0n) is 17.8. The maximum atomic E-state index is 12.8. The van der Waals surface area contributed by atoms with Gasteiger partial charge in [-0.25, -0.2) is 0 Å². The molecular weight excluding hydrogens is 442 g/mol. The Morgan fingerprint density at radius 2 is 1.66 bits per heavy atom. The molecule has 0 atom stereocenters. The Hall–Kier alpha value is -3.09. The van der Waals surface area contributed by atoms with Crippen molar-refractivity contribution in [3.8, 4) is 22.8 Å². The van der Waals surface area contributed by atoms with E-state index in [1.807, 2.05) is 79.1 Å². The highest BCUT2D eigenvalue weighted by Crippen LogP contribution is 2.29. The molecule has 162 valence electrons. The lowest BCUT2D eigenvalue weighted by molar-refractivity contribution is 0.102. The molecule has 0 aliphatic heterocycles. The van der Waals surface area contributed by atoms with Crippen LogP contribution < -0.4 is 4.74 Å². The highest BCUT2D eigenvalue weighted by molar-refractivity contribution is 7.99. The fraction of sp³-hybridized carbons (Fsp3) is 0.160. The lowest BCUT2D eigenvalue weighted by Crippen LogP contribution is -2.05. The van der Waals surface area contributed by atoms with E-state index in [2.05, 4.69) is 10.2 Å². The molecule has 3 aromatic carbocycles. The molecule has 1 heterocycles. The third-order valence-electron chi connectivity index (χ3n) is 4.85. The number of aromatic nitrogens is 3. The maximum Gasteiger partial charge on any atom is 0.196 e. The molecule has 0 bridgehead atoms. The molecule has 32 heavy (non-hydrogen) atoms. The Bertz CT molecular complexity index is 1200. The molecule has 0 saturated heterocycles. The van der Waals surface area contributed by atoms with Crippen LogP contribution in [0.3, 0.4) is 0 Å². The van der Waals surface area contributed by atoms with Gasteiger partial charge in [0.25, 0.3) is 0 Å². The van der Waals surface area contributed by atoms with Crippen molar-refractivity contribution >= 4 is 29.1 Å². The second-order valence-electron chi connectivity index (χ2n) is 7.15. The summed E-state index contributed by atoms with van der Waals surface area (Å²) in [7, 11) is 0. The summed E-state index contributed by atoms with van der Waals surface area (Å²) in [6.07, 6.45) is 0. The highest BCUT2D eigenvalue weighted by atomic mass is 35.5. The second-order valence-corrected chi connectivity index (χ2v) is 8.53. The van der Waals surface area contributed by atoms with Gasteiger partial charge in [-0.05, 0) is 74.5 Å². The van der Waals surface area contributed by atoms with Gasteiger partial charge >= 0.3 is 0 Å². The Balaban J connectivity index is 1.61. The van der Waals surface area contributed by atoms with Crippen LogP contribution in [0.5, 0.6) is 5.75 Å². The highest BCUT2D eigenvalue weighted by Gasteiger charge is 2.18. The van der Waals surface area contributed by atoms with Gasteiger partial charge in [-0.15, -0.1) is 10.2 Å². The summed E-state index contributed by atoms with van der Waals surface area (Å²) in [5, 5.41) is 10.1. The predicted molar refractivity (Wildman–Crippen MR) is 129 cm³/mol. The summed E-state index contributed by atoms with van der Waals surface area (Å²) in [6.45, 7) is 4.56. The predicted octanol–water partition coefficient (Wildman–Crippen LogP) is 6.27. The standard InChI is InChI=1S/C25H22ClN3O2S/c1-3-31-22-14-8-18(9-15-22)23(30)16-32-25-28-27-24(19-6-10-20(26)11-7-19)29(25)21-12-4-17(2)5-13-21/h4-15H,3,16H2,1-2H3. The molecule has 0 unspecified atom stereocenters. The summed E-state index contributed by atoms with van der Waals surface area (Å²) < 4.78 is 7.42. The first-order valence-electron chi connectivity index (χ1n) is 10.2. The van der Waals surface area contributed by atoms with E-state index in [4.69, 9.17) is 16.3 Å². The summed E-state index contributed by atoms with van der Waals surface area (Å²) in [5.41, 5.74) is 3.63. The van der Waals surface area contributed by atoms with Gasteiger partial charge in [-0.3, -0.25) is 9.36 Å². The Kier molecular flexibility index (Phi) is 6.93. The van der Waals surface area contributed by atoms with Crippen LogP contribution in [0.2, 0.25) is 5.02 Å². The number of benzene rings is 3. The van der Waals surface area contributed by atoms with E-state index in [9.17, 15) is 4.79 Å². The molecule has 0 spiro atoms. The van der Waals surface area contributed by atoms with Crippen molar-refractivity contribution in [2.45, 2.75) is 19.0 Å². The number of carbonyl (C=O) groups excluding carboxylic acids is 1. The van der Waals surface area contributed by atoms with Crippen molar-refractivity contribution in [3.63, 3.8) is 0 Å². The number of carbonyl (C=O) groups is 1. The molecular formula is C25H22ClN3O2S. The Labute approximate surface area is 196 Å². The molecule has 0 N–H and O–H groups in total. The van der Waals surface area contributed by atoms with Gasteiger partial charge in [-0.2, -0.15) is 0 Å². The smallest absolute Gasteiger partial charge is 0.196 e. The number of hydrogen-bond donors (Lipinski definition) is 0. The number of thioether (sulfide) groups is 1. The van der Waals surface area contributed by atoms with Crippen LogP contribution >= 0.6 is 23.4 Å². The lowest BCUT2D eigenvalue weighted by Gasteiger charge is -2.11. The van der Waals surface area contributed by atoms with E-state index < -0.39 is 0 Å². The fourth-order valence-corrected chi connectivity index (χ4v) is 4.17. The van der Waals surface area contributed by atoms with Gasteiger partial charge in [0.1, 0.15) is 5.75 Å². The van der Waals surface area contributed by atoms with Crippen molar-refractivity contribution in [3.05, 3.63) is 88.9 Å². The molecule has 0 fully saturated rings. The first kappa shape index (κ1) is 22.1. The third kappa shape index (κ3) is 5.03. The zero-order chi connectivity index (χ0) is 22.5. The second kappa shape index (κ2) is 10.0. The minimum absolute atomic E-state index is 0.0181. The van der Waals surface area contributed by atoms with Crippen LogP contribution in [0.25, 0.3) is 17.1 Å². The maximum absolute atomic E-state index is 12.8. The fourth-order valence-electron chi connectivity index (χ4n) is 3.19. The minimum atomic E-state index is 0.0181. The van der Waals surface area contributed by atoms with Crippen LogP contribution in [0, 0.1) is 6.92 Å².